The first kappa shape index (κ1) is 9.69. The maximum atomic E-state index is 3.50. The van der Waals surface area contributed by atoms with Crippen LogP contribution in [0.2, 0.25) is 0 Å². The number of rotatable bonds is 2. The average Bonchev–Trinajstić information content (AvgIpc) is 2.63. The minimum atomic E-state index is 1.16. The molecule has 0 spiro atoms. The lowest BCUT2D eigenvalue weighted by molar-refractivity contribution is 1.66. The Kier molecular flexibility index (Phi) is 3.17. The lowest BCUT2D eigenvalue weighted by Gasteiger charge is -1.91. The maximum Gasteiger partial charge on any atom is 0.0354 e. The fourth-order valence-corrected chi connectivity index (χ4v) is 2.56. The summed E-state index contributed by atoms with van der Waals surface area (Å²) in [6.07, 6.45) is 4.24. The highest BCUT2D eigenvalue weighted by Gasteiger charge is 1.94. The summed E-state index contributed by atoms with van der Waals surface area (Å²) in [5.74, 6) is 0. The van der Waals surface area contributed by atoms with Crippen molar-refractivity contribution in [1.82, 2.24) is 0 Å². The molecule has 2 heteroatoms. The standard InChI is InChI=1S/C12H9BrS/c13-12-9-14-8-11(12)7-6-10-4-2-1-3-5-10/h1-9H/b7-6+. The average molecular weight is 265 g/mol. The molecule has 0 fully saturated rings. The van der Waals surface area contributed by atoms with Gasteiger partial charge in [-0.15, -0.1) is 0 Å². The molecule has 0 aliphatic rings. The van der Waals surface area contributed by atoms with Crippen LogP contribution in [0.15, 0.2) is 45.6 Å². The molecule has 0 saturated carbocycles. The molecule has 70 valence electrons. The van der Waals surface area contributed by atoms with Gasteiger partial charge < -0.3 is 0 Å². The van der Waals surface area contributed by atoms with Crippen LogP contribution in [0, 0.1) is 0 Å². The second-order valence-corrected chi connectivity index (χ2v) is 4.52. The lowest BCUT2D eigenvalue weighted by Crippen LogP contribution is -1.69. The Morgan fingerprint density at radius 1 is 1.00 bits per heavy atom. The second-order valence-electron chi connectivity index (χ2n) is 2.92. The summed E-state index contributed by atoms with van der Waals surface area (Å²) >= 11 is 5.20. The molecule has 0 aliphatic carbocycles. The molecular weight excluding hydrogens is 256 g/mol. The Morgan fingerprint density at radius 2 is 1.79 bits per heavy atom. The second kappa shape index (κ2) is 4.58. The molecule has 0 aliphatic heterocycles. The number of thiophene rings is 1. The van der Waals surface area contributed by atoms with Gasteiger partial charge in [0.1, 0.15) is 0 Å². The van der Waals surface area contributed by atoms with Gasteiger partial charge >= 0.3 is 0 Å². The maximum absolute atomic E-state index is 3.50. The quantitative estimate of drug-likeness (QED) is 0.739. The van der Waals surface area contributed by atoms with Crippen LogP contribution in [0.1, 0.15) is 11.1 Å². The largest absolute Gasteiger partial charge is 0.151 e. The van der Waals surface area contributed by atoms with Gasteiger partial charge in [-0.1, -0.05) is 42.5 Å². The van der Waals surface area contributed by atoms with E-state index in [0.717, 1.165) is 4.47 Å². The van der Waals surface area contributed by atoms with Gasteiger partial charge in [-0.2, -0.15) is 11.3 Å². The zero-order chi connectivity index (χ0) is 9.80. The van der Waals surface area contributed by atoms with Gasteiger partial charge in [0.05, 0.1) is 0 Å². The number of halogens is 1. The van der Waals surface area contributed by atoms with Crippen LogP contribution < -0.4 is 0 Å². The monoisotopic (exact) mass is 264 g/mol. The summed E-state index contributed by atoms with van der Waals surface area (Å²) in [7, 11) is 0. The molecule has 0 saturated heterocycles. The van der Waals surface area contributed by atoms with Crippen LogP contribution in [0.4, 0.5) is 0 Å². The van der Waals surface area contributed by atoms with E-state index in [-0.39, 0.29) is 0 Å². The topological polar surface area (TPSA) is 0 Å². The van der Waals surface area contributed by atoms with Crippen molar-refractivity contribution in [2.75, 3.05) is 0 Å². The zero-order valence-corrected chi connectivity index (χ0v) is 9.88. The molecule has 1 aromatic carbocycles. The number of hydrogen-bond donors (Lipinski definition) is 0. The molecule has 1 heterocycles. The summed E-state index contributed by atoms with van der Waals surface area (Å²) in [6, 6.07) is 10.3. The lowest BCUT2D eigenvalue weighted by atomic mass is 10.2. The van der Waals surface area contributed by atoms with E-state index >= 15 is 0 Å². The fourth-order valence-electron chi connectivity index (χ4n) is 1.16. The Balaban J connectivity index is 2.20. The zero-order valence-electron chi connectivity index (χ0n) is 7.48. The van der Waals surface area contributed by atoms with E-state index in [1.165, 1.54) is 11.1 Å². The minimum Gasteiger partial charge on any atom is -0.151 e. The number of benzene rings is 1. The van der Waals surface area contributed by atoms with Crippen LogP contribution in [0.3, 0.4) is 0 Å². The Labute approximate surface area is 96.0 Å². The predicted octanol–water partition coefficient (Wildman–Crippen LogP) is 4.68. The van der Waals surface area contributed by atoms with Crippen molar-refractivity contribution in [3.63, 3.8) is 0 Å². The van der Waals surface area contributed by atoms with Crippen molar-refractivity contribution in [3.05, 3.63) is 56.7 Å². The summed E-state index contributed by atoms with van der Waals surface area (Å²) in [6.45, 7) is 0. The highest BCUT2D eigenvalue weighted by molar-refractivity contribution is 9.10. The first-order valence-electron chi connectivity index (χ1n) is 4.31. The smallest absolute Gasteiger partial charge is 0.0354 e. The van der Waals surface area contributed by atoms with Crippen molar-refractivity contribution in [2.24, 2.45) is 0 Å². The van der Waals surface area contributed by atoms with Gasteiger partial charge in [0.2, 0.25) is 0 Å². The van der Waals surface area contributed by atoms with E-state index in [1.807, 2.05) is 18.2 Å². The van der Waals surface area contributed by atoms with Crippen molar-refractivity contribution in [2.45, 2.75) is 0 Å². The molecule has 2 aromatic rings. The number of hydrogen-bond acceptors (Lipinski definition) is 1. The fraction of sp³-hybridized carbons (Fsp3) is 0. The molecule has 0 atom stereocenters. The Hall–Kier alpha value is -0.860. The molecule has 0 N–H and O–H groups in total. The summed E-state index contributed by atoms with van der Waals surface area (Å²) < 4.78 is 1.16. The first-order valence-corrected chi connectivity index (χ1v) is 6.04. The summed E-state index contributed by atoms with van der Waals surface area (Å²) in [5.41, 5.74) is 2.46. The van der Waals surface area contributed by atoms with E-state index < -0.39 is 0 Å². The molecule has 0 bridgehead atoms. The molecule has 1 aromatic heterocycles. The van der Waals surface area contributed by atoms with Crippen LogP contribution in [-0.2, 0) is 0 Å². The van der Waals surface area contributed by atoms with E-state index in [1.54, 1.807) is 11.3 Å². The summed E-state index contributed by atoms with van der Waals surface area (Å²) in [5, 5.41) is 4.22. The SMILES string of the molecule is Brc1cscc1/C=C/c1ccccc1. The van der Waals surface area contributed by atoms with E-state index in [2.05, 4.69) is 51.0 Å². The normalized spacial score (nSPS) is 10.9. The molecular formula is C12H9BrS. The molecule has 14 heavy (non-hydrogen) atoms. The van der Waals surface area contributed by atoms with Crippen molar-refractivity contribution in [3.8, 4) is 0 Å². The van der Waals surface area contributed by atoms with Gasteiger partial charge in [0, 0.05) is 9.85 Å². The van der Waals surface area contributed by atoms with Crippen LogP contribution in [-0.4, -0.2) is 0 Å². The van der Waals surface area contributed by atoms with Crippen molar-refractivity contribution < 1.29 is 0 Å². The van der Waals surface area contributed by atoms with Crippen LogP contribution in [0.25, 0.3) is 12.2 Å². The van der Waals surface area contributed by atoms with Gasteiger partial charge in [-0.3, -0.25) is 0 Å². The predicted molar refractivity (Wildman–Crippen MR) is 67.4 cm³/mol. The summed E-state index contributed by atoms with van der Waals surface area (Å²) in [4.78, 5) is 0. The molecule has 0 amide bonds. The van der Waals surface area contributed by atoms with Crippen molar-refractivity contribution in [1.29, 1.82) is 0 Å². The Morgan fingerprint density at radius 3 is 2.43 bits per heavy atom. The van der Waals surface area contributed by atoms with E-state index in [0.29, 0.717) is 0 Å². The van der Waals surface area contributed by atoms with Gasteiger partial charge in [-0.25, -0.2) is 0 Å². The molecule has 2 rings (SSSR count). The Bertz CT molecular complexity index is 429. The molecule has 0 nitrogen and oxygen atoms in total. The van der Waals surface area contributed by atoms with Crippen LogP contribution >= 0.6 is 27.3 Å². The molecule has 0 unspecified atom stereocenters. The van der Waals surface area contributed by atoms with Crippen LogP contribution in [0.5, 0.6) is 0 Å². The highest BCUT2D eigenvalue weighted by atomic mass is 79.9. The van der Waals surface area contributed by atoms with Gasteiger partial charge in [0.25, 0.3) is 0 Å². The van der Waals surface area contributed by atoms with Crippen molar-refractivity contribution >= 4 is 39.4 Å². The van der Waals surface area contributed by atoms with Gasteiger partial charge in [0.15, 0.2) is 0 Å². The highest BCUT2D eigenvalue weighted by Crippen LogP contribution is 2.23. The minimum absolute atomic E-state index is 1.16. The first-order chi connectivity index (χ1) is 6.86. The van der Waals surface area contributed by atoms with E-state index in [9.17, 15) is 0 Å². The van der Waals surface area contributed by atoms with E-state index in [4.69, 9.17) is 0 Å². The third-order valence-electron chi connectivity index (χ3n) is 1.90. The van der Waals surface area contributed by atoms with Gasteiger partial charge in [-0.05, 0) is 32.4 Å². The third kappa shape index (κ3) is 2.34. The molecule has 0 radical (unpaired) electrons. The third-order valence-corrected chi connectivity index (χ3v) is 3.65.